The smallest absolute Gasteiger partial charge is 0.258 e. The summed E-state index contributed by atoms with van der Waals surface area (Å²) in [6.45, 7) is 3.96. The van der Waals surface area contributed by atoms with Crippen molar-refractivity contribution in [2.24, 2.45) is 0 Å². The second kappa shape index (κ2) is 9.37. The minimum Gasteiger partial charge on any atom is -0.484 e. The van der Waals surface area contributed by atoms with Crippen LogP contribution in [0.25, 0.3) is 0 Å². The number of likely N-dealkylation sites (tertiary alicyclic amines) is 1. The van der Waals surface area contributed by atoms with Crippen LogP contribution >= 0.6 is 0 Å². The molecular formula is C21H26N2O4. The zero-order valence-electron chi connectivity index (χ0n) is 15.6. The summed E-state index contributed by atoms with van der Waals surface area (Å²) < 4.78 is 11.1. The lowest BCUT2D eigenvalue weighted by Gasteiger charge is -2.33. The lowest BCUT2D eigenvalue weighted by molar-refractivity contribution is -0.123. The fraction of sp³-hybridized carbons (Fsp3) is 0.429. The maximum Gasteiger partial charge on any atom is 0.258 e. The third-order valence-corrected chi connectivity index (χ3v) is 4.83. The van der Waals surface area contributed by atoms with Gasteiger partial charge in [0, 0.05) is 12.1 Å². The summed E-state index contributed by atoms with van der Waals surface area (Å²) >= 11 is 0. The van der Waals surface area contributed by atoms with Crippen molar-refractivity contribution in [2.45, 2.75) is 32.2 Å². The van der Waals surface area contributed by atoms with Gasteiger partial charge in [-0.1, -0.05) is 6.42 Å². The monoisotopic (exact) mass is 370 g/mol. The number of ether oxygens (including phenoxy) is 1. The second-order valence-corrected chi connectivity index (χ2v) is 6.80. The van der Waals surface area contributed by atoms with Crippen molar-refractivity contribution in [1.29, 1.82) is 0 Å². The fourth-order valence-corrected chi connectivity index (χ4v) is 3.32. The number of ketones is 1. The summed E-state index contributed by atoms with van der Waals surface area (Å²) in [7, 11) is 0. The van der Waals surface area contributed by atoms with E-state index in [1.807, 2.05) is 12.1 Å². The summed E-state index contributed by atoms with van der Waals surface area (Å²) in [5.74, 6) is 1.26. The van der Waals surface area contributed by atoms with Gasteiger partial charge in [0.15, 0.2) is 12.4 Å². The number of carbonyl (C=O) groups is 2. The summed E-state index contributed by atoms with van der Waals surface area (Å²) in [6.07, 6.45) is 5.26. The van der Waals surface area contributed by atoms with Gasteiger partial charge in [0.05, 0.1) is 12.3 Å². The first-order chi connectivity index (χ1) is 13.1. The number of piperidine rings is 1. The van der Waals surface area contributed by atoms with Crippen LogP contribution in [0.2, 0.25) is 0 Å². The molecule has 1 saturated heterocycles. The Hall–Kier alpha value is -2.60. The van der Waals surface area contributed by atoms with Gasteiger partial charge < -0.3 is 14.5 Å². The maximum atomic E-state index is 12.2. The molecule has 1 atom stereocenters. The van der Waals surface area contributed by atoms with E-state index in [0.29, 0.717) is 17.9 Å². The van der Waals surface area contributed by atoms with Gasteiger partial charge in [0.1, 0.15) is 11.5 Å². The molecule has 1 amide bonds. The van der Waals surface area contributed by atoms with E-state index in [4.69, 9.17) is 9.15 Å². The number of amides is 1. The van der Waals surface area contributed by atoms with Gasteiger partial charge in [-0.2, -0.15) is 0 Å². The lowest BCUT2D eigenvalue weighted by Crippen LogP contribution is -2.41. The van der Waals surface area contributed by atoms with Crippen LogP contribution in [0.3, 0.4) is 0 Å². The summed E-state index contributed by atoms with van der Waals surface area (Å²) in [6, 6.07) is 10.7. The number of nitrogens with zero attached hydrogens (tertiary/aromatic N) is 1. The van der Waals surface area contributed by atoms with Crippen LogP contribution < -0.4 is 10.1 Å². The largest absolute Gasteiger partial charge is 0.484 e. The topological polar surface area (TPSA) is 71.8 Å². The number of benzene rings is 1. The quantitative estimate of drug-likeness (QED) is 0.723. The molecule has 1 N–H and O–H groups in total. The molecule has 1 aromatic heterocycles. The predicted molar refractivity (Wildman–Crippen MR) is 102 cm³/mol. The van der Waals surface area contributed by atoms with Gasteiger partial charge in [-0.3, -0.25) is 14.5 Å². The molecule has 2 heterocycles. The minimum absolute atomic E-state index is 0.000902. The number of furan rings is 1. The summed E-state index contributed by atoms with van der Waals surface area (Å²) in [5.41, 5.74) is 0.620. The van der Waals surface area contributed by atoms with Crippen LogP contribution in [0.5, 0.6) is 5.75 Å². The highest BCUT2D eigenvalue weighted by atomic mass is 16.5. The molecule has 144 valence electrons. The standard InChI is InChI=1S/C21H26N2O4/c1-16(24)17-7-9-18(10-8-17)27-15-21(25)22-14-19(20-6-5-13-26-20)23-11-3-2-4-12-23/h5-10,13,19H,2-4,11-12,14-15H2,1H3,(H,22,25)/t19-/m1/s1. The number of hydrogen-bond acceptors (Lipinski definition) is 5. The van der Waals surface area contributed by atoms with Gasteiger partial charge in [-0.05, 0) is 69.3 Å². The van der Waals surface area contributed by atoms with E-state index in [-0.39, 0.29) is 24.3 Å². The zero-order valence-corrected chi connectivity index (χ0v) is 15.6. The summed E-state index contributed by atoms with van der Waals surface area (Å²) in [4.78, 5) is 25.9. The van der Waals surface area contributed by atoms with Crippen LogP contribution in [-0.4, -0.2) is 42.8 Å². The maximum absolute atomic E-state index is 12.2. The van der Waals surface area contributed by atoms with Gasteiger partial charge >= 0.3 is 0 Å². The molecular weight excluding hydrogens is 344 g/mol. The number of Topliss-reactive ketones (excluding diaryl/α,β-unsaturated/α-hetero) is 1. The Labute approximate surface area is 159 Å². The van der Waals surface area contributed by atoms with Crippen molar-refractivity contribution in [3.8, 4) is 5.75 Å². The average molecular weight is 370 g/mol. The predicted octanol–water partition coefficient (Wildman–Crippen LogP) is 3.20. The first-order valence-corrected chi connectivity index (χ1v) is 9.41. The summed E-state index contributed by atoms with van der Waals surface area (Å²) in [5, 5.41) is 2.95. The van der Waals surface area contributed by atoms with Gasteiger partial charge in [0.25, 0.3) is 5.91 Å². The Morgan fingerprint density at radius 3 is 2.52 bits per heavy atom. The van der Waals surface area contributed by atoms with E-state index < -0.39 is 0 Å². The Morgan fingerprint density at radius 1 is 1.15 bits per heavy atom. The van der Waals surface area contributed by atoms with E-state index in [0.717, 1.165) is 18.8 Å². The van der Waals surface area contributed by atoms with E-state index >= 15 is 0 Å². The molecule has 1 aromatic carbocycles. The second-order valence-electron chi connectivity index (χ2n) is 6.80. The van der Waals surface area contributed by atoms with Crippen molar-refractivity contribution in [3.05, 3.63) is 54.0 Å². The Morgan fingerprint density at radius 2 is 1.89 bits per heavy atom. The third-order valence-electron chi connectivity index (χ3n) is 4.83. The van der Waals surface area contributed by atoms with Gasteiger partial charge in [-0.15, -0.1) is 0 Å². The molecule has 1 aliphatic rings. The number of rotatable bonds is 8. The molecule has 6 nitrogen and oxygen atoms in total. The fourth-order valence-electron chi connectivity index (χ4n) is 3.32. The van der Waals surface area contributed by atoms with Crippen molar-refractivity contribution >= 4 is 11.7 Å². The number of carbonyl (C=O) groups excluding carboxylic acids is 2. The van der Waals surface area contributed by atoms with Crippen LogP contribution in [0, 0.1) is 0 Å². The molecule has 0 saturated carbocycles. The van der Waals surface area contributed by atoms with Crippen molar-refractivity contribution in [1.82, 2.24) is 10.2 Å². The molecule has 0 spiro atoms. The third kappa shape index (κ3) is 5.44. The lowest BCUT2D eigenvalue weighted by atomic mass is 10.1. The average Bonchev–Trinajstić information content (AvgIpc) is 3.22. The van der Waals surface area contributed by atoms with Crippen molar-refractivity contribution < 1.29 is 18.7 Å². The number of hydrogen-bond donors (Lipinski definition) is 1. The van der Waals surface area contributed by atoms with Crippen molar-refractivity contribution in [2.75, 3.05) is 26.2 Å². The molecule has 0 unspecified atom stereocenters. The van der Waals surface area contributed by atoms with Gasteiger partial charge in [0.2, 0.25) is 0 Å². The van der Waals surface area contributed by atoms with Crippen LogP contribution in [0.1, 0.15) is 48.3 Å². The molecule has 1 aliphatic heterocycles. The Balaban J connectivity index is 1.50. The van der Waals surface area contributed by atoms with Crippen LogP contribution in [-0.2, 0) is 4.79 Å². The highest BCUT2D eigenvalue weighted by molar-refractivity contribution is 5.94. The SMILES string of the molecule is CC(=O)c1ccc(OCC(=O)NC[C@H](c2ccco2)N2CCCCC2)cc1. The van der Waals surface area contributed by atoms with E-state index in [1.165, 1.54) is 26.2 Å². The molecule has 0 aliphatic carbocycles. The Bertz CT molecular complexity index is 734. The van der Waals surface area contributed by atoms with Crippen molar-refractivity contribution in [3.63, 3.8) is 0 Å². The van der Waals surface area contributed by atoms with Gasteiger partial charge in [-0.25, -0.2) is 0 Å². The molecule has 3 rings (SSSR count). The number of nitrogens with one attached hydrogen (secondary N) is 1. The molecule has 2 aromatic rings. The normalized spacial score (nSPS) is 15.9. The van der Waals surface area contributed by atoms with Crippen LogP contribution in [0.15, 0.2) is 47.1 Å². The first-order valence-electron chi connectivity index (χ1n) is 9.41. The van der Waals surface area contributed by atoms with E-state index in [2.05, 4.69) is 10.2 Å². The molecule has 0 bridgehead atoms. The highest BCUT2D eigenvalue weighted by Gasteiger charge is 2.24. The van der Waals surface area contributed by atoms with Crippen LogP contribution in [0.4, 0.5) is 0 Å². The molecule has 0 radical (unpaired) electrons. The Kier molecular flexibility index (Phi) is 6.65. The molecule has 1 fully saturated rings. The molecule has 6 heteroatoms. The molecule has 27 heavy (non-hydrogen) atoms. The van der Waals surface area contributed by atoms with E-state index in [1.54, 1.807) is 30.5 Å². The van der Waals surface area contributed by atoms with E-state index in [9.17, 15) is 9.59 Å². The minimum atomic E-state index is -0.181. The zero-order chi connectivity index (χ0) is 19.1. The first kappa shape index (κ1) is 19.2. The highest BCUT2D eigenvalue weighted by Crippen LogP contribution is 2.24.